The van der Waals surface area contributed by atoms with Gasteiger partial charge in [0.15, 0.2) is 11.5 Å². The van der Waals surface area contributed by atoms with Crippen LogP contribution in [0.2, 0.25) is 0 Å². The first-order valence-corrected chi connectivity index (χ1v) is 7.61. The number of rotatable bonds is 2. The van der Waals surface area contributed by atoms with E-state index in [4.69, 9.17) is 6.57 Å². The first kappa shape index (κ1) is 17.7. The van der Waals surface area contributed by atoms with E-state index in [1.165, 1.54) is 4.68 Å². The average Bonchev–Trinajstić information content (AvgIpc) is 2.98. The minimum Gasteiger partial charge on any atom is -0.492 e. The molecule has 8 nitrogen and oxygen atoms in total. The second-order valence-corrected chi connectivity index (χ2v) is 7.73. The third-order valence-electron chi connectivity index (χ3n) is 3.50. The van der Waals surface area contributed by atoms with Crippen molar-refractivity contribution in [2.24, 2.45) is 17.3 Å². The Bertz CT molecular complexity index is 822. The molecular formula is C16H23N7O. The van der Waals surface area contributed by atoms with Crippen LogP contribution in [-0.4, -0.2) is 25.1 Å². The maximum atomic E-state index is 10.2. The van der Waals surface area contributed by atoms with E-state index in [1.54, 1.807) is 7.05 Å². The Hall–Kier alpha value is -2.69. The molecule has 0 unspecified atom stereocenters. The average molecular weight is 329 g/mol. The lowest BCUT2D eigenvalue weighted by atomic mass is 9.91. The predicted molar refractivity (Wildman–Crippen MR) is 91.3 cm³/mol. The van der Waals surface area contributed by atoms with E-state index in [2.05, 4.69) is 30.4 Å². The molecule has 24 heavy (non-hydrogen) atoms. The molecule has 0 aliphatic carbocycles. The Morgan fingerprint density at radius 3 is 2.17 bits per heavy atom. The van der Waals surface area contributed by atoms with Crippen molar-refractivity contribution in [1.29, 1.82) is 0 Å². The van der Waals surface area contributed by atoms with E-state index < -0.39 is 0 Å². The summed E-state index contributed by atoms with van der Waals surface area (Å²) in [6, 6.07) is 0. The maximum absolute atomic E-state index is 10.2. The van der Waals surface area contributed by atoms with E-state index in [0.29, 0.717) is 22.8 Å². The van der Waals surface area contributed by atoms with Gasteiger partial charge in [-0.15, -0.1) is 10.2 Å². The highest BCUT2D eigenvalue weighted by Crippen LogP contribution is 2.40. The largest absolute Gasteiger partial charge is 0.492 e. The molecule has 2 N–H and O–H groups in total. The number of aromatic nitrogens is 4. The molecule has 0 amide bonds. The number of aromatic amines is 1. The Labute approximate surface area is 141 Å². The summed E-state index contributed by atoms with van der Waals surface area (Å²) in [5.74, 6) is 0.210. The summed E-state index contributed by atoms with van der Waals surface area (Å²) in [6.07, 6.45) is 0. The van der Waals surface area contributed by atoms with Crippen LogP contribution < -0.4 is 0 Å². The third kappa shape index (κ3) is 3.15. The second-order valence-electron chi connectivity index (χ2n) is 7.73. The molecule has 0 aliphatic heterocycles. The second kappa shape index (κ2) is 5.74. The van der Waals surface area contributed by atoms with Gasteiger partial charge in [-0.3, -0.25) is 5.10 Å². The van der Waals surface area contributed by atoms with Crippen LogP contribution >= 0.6 is 0 Å². The van der Waals surface area contributed by atoms with Crippen molar-refractivity contribution in [3.05, 3.63) is 22.8 Å². The van der Waals surface area contributed by atoms with Gasteiger partial charge in [-0.05, 0) is 5.41 Å². The Kier molecular flexibility index (Phi) is 4.23. The van der Waals surface area contributed by atoms with Gasteiger partial charge in [-0.2, -0.15) is 10.2 Å². The van der Waals surface area contributed by atoms with Crippen molar-refractivity contribution < 1.29 is 5.11 Å². The fourth-order valence-corrected chi connectivity index (χ4v) is 2.23. The molecule has 128 valence electrons. The Morgan fingerprint density at radius 2 is 1.67 bits per heavy atom. The first-order valence-electron chi connectivity index (χ1n) is 7.61. The molecule has 0 atom stereocenters. The van der Waals surface area contributed by atoms with Crippen molar-refractivity contribution in [3.8, 4) is 5.88 Å². The van der Waals surface area contributed by atoms with Gasteiger partial charge in [0, 0.05) is 12.5 Å². The number of aromatic hydroxyl groups is 1. The highest BCUT2D eigenvalue weighted by molar-refractivity contribution is 5.67. The summed E-state index contributed by atoms with van der Waals surface area (Å²) in [6.45, 7) is 19.3. The summed E-state index contributed by atoms with van der Waals surface area (Å²) < 4.78 is 1.36. The fraction of sp³-hybridized carbons (Fsp3) is 0.562. The maximum Gasteiger partial charge on any atom is 0.255 e. The van der Waals surface area contributed by atoms with E-state index in [0.717, 1.165) is 0 Å². The van der Waals surface area contributed by atoms with Crippen molar-refractivity contribution in [2.75, 3.05) is 0 Å². The predicted octanol–water partition coefficient (Wildman–Crippen LogP) is 4.41. The Morgan fingerprint density at radius 1 is 1.08 bits per heavy atom. The third-order valence-corrected chi connectivity index (χ3v) is 3.50. The van der Waals surface area contributed by atoms with E-state index in [-0.39, 0.29) is 22.5 Å². The molecule has 2 rings (SSSR count). The summed E-state index contributed by atoms with van der Waals surface area (Å²) in [5.41, 5.74) is 1.32. The highest BCUT2D eigenvalue weighted by Gasteiger charge is 2.27. The number of nitrogens with one attached hydrogen (secondary N) is 1. The first-order chi connectivity index (χ1) is 11.0. The molecule has 2 heterocycles. The zero-order valence-electron chi connectivity index (χ0n) is 15.1. The van der Waals surface area contributed by atoms with Crippen LogP contribution in [0.15, 0.2) is 10.2 Å². The van der Waals surface area contributed by atoms with Gasteiger partial charge in [0.05, 0.1) is 18.0 Å². The molecule has 0 aromatic carbocycles. The summed E-state index contributed by atoms with van der Waals surface area (Å²) in [4.78, 5) is 3.53. The molecular weight excluding hydrogens is 306 g/mol. The molecule has 0 saturated heterocycles. The van der Waals surface area contributed by atoms with Gasteiger partial charge in [0.25, 0.3) is 5.69 Å². The molecule has 0 bridgehead atoms. The molecule has 2 aromatic rings. The van der Waals surface area contributed by atoms with E-state index in [9.17, 15) is 5.11 Å². The van der Waals surface area contributed by atoms with Crippen molar-refractivity contribution in [1.82, 2.24) is 20.0 Å². The minimum atomic E-state index is -0.305. The lowest BCUT2D eigenvalue weighted by Crippen LogP contribution is -2.12. The lowest BCUT2D eigenvalue weighted by Gasteiger charge is -2.15. The summed E-state index contributed by atoms with van der Waals surface area (Å²) in [5, 5.41) is 29.7. The van der Waals surface area contributed by atoms with Crippen LogP contribution in [0.3, 0.4) is 0 Å². The monoisotopic (exact) mass is 329 g/mol. The number of azo groups is 1. The number of hydrogen-bond donors (Lipinski definition) is 2. The highest BCUT2D eigenvalue weighted by atomic mass is 16.3. The molecule has 8 heteroatoms. The number of nitrogens with zero attached hydrogens (tertiary/aromatic N) is 6. The van der Waals surface area contributed by atoms with Gasteiger partial charge in [-0.1, -0.05) is 41.5 Å². The number of hydrogen-bond acceptors (Lipinski definition) is 5. The van der Waals surface area contributed by atoms with Crippen LogP contribution in [0.4, 0.5) is 17.2 Å². The van der Waals surface area contributed by atoms with Crippen LogP contribution in [0.5, 0.6) is 5.88 Å². The summed E-state index contributed by atoms with van der Waals surface area (Å²) in [7, 11) is 1.64. The molecule has 0 saturated carbocycles. The molecule has 0 aliphatic rings. The minimum absolute atomic E-state index is 0.0661. The molecule has 0 fully saturated rings. The zero-order chi connectivity index (χ0) is 18.3. The zero-order valence-corrected chi connectivity index (χ0v) is 15.1. The smallest absolute Gasteiger partial charge is 0.255 e. The van der Waals surface area contributed by atoms with E-state index >= 15 is 0 Å². The summed E-state index contributed by atoms with van der Waals surface area (Å²) >= 11 is 0. The van der Waals surface area contributed by atoms with Gasteiger partial charge < -0.3 is 5.11 Å². The van der Waals surface area contributed by atoms with Crippen molar-refractivity contribution in [3.63, 3.8) is 0 Å². The van der Waals surface area contributed by atoms with Gasteiger partial charge in [0.1, 0.15) is 0 Å². The number of H-pyrrole nitrogens is 1. The normalized spacial score (nSPS) is 12.8. The number of aryl methyl sites for hydroxylation is 1. The fourth-order valence-electron chi connectivity index (χ4n) is 2.23. The van der Waals surface area contributed by atoms with Crippen LogP contribution in [0, 0.1) is 6.57 Å². The van der Waals surface area contributed by atoms with Gasteiger partial charge >= 0.3 is 0 Å². The topological polar surface area (TPSA) is 95.8 Å². The van der Waals surface area contributed by atoms with Crippen molar-refractivity contribution >= 4 is 17.2 Å². The van der Waals surface area contributed by atoms with Crippen molar-refractivity contribution in [2.45, 2.75) is 52.4 Å². The van der Waals surface area contributed by atoms with Gasteiger partial charge in [0.2, 0.25) is 5.88 Å². The molecule has 2 aromatic heterocycles. The van der Waals surface area contributed by atoms with Gasteiger partial charge in [-0.25, -0.2) is 9.53 Å². The van der Waals surface area contributed by atoms with Crippen LogP contribution in [-0.2, 0) is 17.9 Å². The van der Waals surface area contributed by atoms with Crippen LogP contribution in [0.25, 0.3) is 4.85 Å². The molecule has 0 radical (unpaired) electrons. The van der Waals surface area contributed by atoms with E-state index in [1.807, 2.05) is 41.5 Å². The molecule has 0 spiro atoms. The lowest BCUT2D eigenvalue weighted by molar-refractivity contribution is 0.419. The van der Waals surface area contributed by atoms with Crippen LogP contribution in [0.1, 0.15) is 52.9 Å². The quantitative estimate of drug-likeness (QED) is 0.631. The SMILES string of the molecule is [C-]#[N+]c1c(C(C)(C)C)n[nH]c1/N=N/c1c(C(C)(C)C)nn(C)c1O. The Balaban J connectivity index is 2.51. The standard InChI is InChI=1S/C16H23N7O/c1-15(2,3)11-9(17-7)13(21-19-11)20-18-10-12(16(4,5)6)22-23(8)14(10)24/h24H,1-6,8H3,(H,19,21)/b20-18+.